The van der Waals surface area contributed by atoms with Gasteiger partial charge < -0.3 is 4.74 Å². The maximum Gasteiger partial charge on any atom is 0.244 e. The maximum absolute atomic E-state index is 12.6. The minimum Gasteiger partial charge on any atom is -0.377 e. The fourth-order valence-electron chi connectivity index (χ4n) is 2.33. The van der Waals surface area contributed by atoms with Gasteiger partial charge in [0.25, 0.3) is 0 Å². The van der Waals surface area contributed by atoms with Crippen molar-refractivity contribution in [1.82, 2.24) is 4.31 Å². The standard InChI is InChI=1S/C14H19Cl2NO3S/c1-17(10-12-4-2-3-7-20-12)21(18,19)14-8-11(9-15)5-6-13(14)16/h5-6,8,12H,2-4,7,9-10H2,1H3. The molecule has 0 amide bonds. The molecule has 2 rings (SSSR count). The van der Waals surface area contributed by atoms with Crippen LogP contribution >= 0.6 is 23.2 Å². The molecule has 1 unspecified atom stereocenters. The van der Waals surface area contributed by atoms with Crippen LogP contribution in [0.2, 0.25) is 5.02 Å². The van der Waals surface area contributed by atoms with Crippen LogP contribution < -0.4 is 0 Å². The minimum atomic E-state index is -3.64. The van der Waals surface area contributed by atoms with E-state index in [1.165, 1.54) is 10.4 Å². The second-order valence-electron chi connectivity index (χ2n) is 5.17. The van der Waals surface area contributed by atoms with Gasteiger partial charge in [0.2, 0.25) is 10.0 Å². The molecule has 21 heavy (non-hydrogen) atoms. The summed E-state index contributed by atoms with van der Waals surface area (Å²) in [5.74, 6) is 0.245. The lowest BCUT2D eigenvalue weighted by Crippen LogP contribution is -2.37. The topological polar surface area (TPSA) is 46.6 Å². The van der Waals surface area contributed by atoms with Gasteiger partial charge >= 0.3 is 0 Å². The van der Waals surface area contributed by atoms with Crippen molar-refractivity contribution >= 4 is 33.2 Å². The number of rotatable bonds is 5. The third kappa shape index (κ3) is 4.11. The third-order valence-electron chi connectivity index (χ3n) is 3.57. The fraction of sp³-hybridized carbons (Fsp3) is 0.571. The zero-order valence-electron chi connectivity index (χ0n) is 11.9. The second kappa shape index (κ2) is 7.29. The molecular formula is C14H19Cl2NO3S. The molecule has 0 spiro atoms. The second-order valence-corrected chi connectivity index (χ2v) is 7.86. The number of halogens is 2. The highest BCUT2D eigenvalue weighted by Crippen LogP contribution is 2.26. The van der Waals surface area contributed by atoms with Gasteiger partial charge in [-0.2, -0.15) is 4.31 Å². The van der Waals surface area contributed by atoms with E-state index in [0.717, 1.165) is 24.8 Å². The first kappa shape index (κ1) is 17.0. The number of sulfonamides is 1. The van der Waals surface area contributed by atoms with E-state index in [9.17, 15) is 8.42 Å². The van der Waals surface area contributed by atoms with Gasteiger partial charge in [-0.1, -0.05) is 17.7 Å². The zero-order chi connectivity index (χ0) is 15.5. The van der Waals surface area contributed by atoms with Crippen LogP contribution in [-0.4, -0.2) is 39.0 Å². The third-order valence-corrected chi connectivity index (χ3v) is 6.19. The molecule has 0 saturated carbocycles. The Bertz CT molecular complexity index is 586. The molecule has 0 bridgehead atoms. The minimum absolute atomic E-state index is 0.0477. The molecule has 0 aliphatic carbocycles. The summed E-state index contributed by atoms with van der Waals surface area (Å²) >= 11 is 11.8. The van der Waals surface area contributed by atoms with Gasteiger partial charge in [-0.3, -0.25) is 0 Å². The van der Waals surface area contributed by atoms with Gasteiger partial charge in [0.05, 0.1) is 11.1 Å². The van der Waals surface area contributed by atoms with Crippen LogP contribution in [0.15, 0.2) is 23.1 Å². The maximum atomic E-state index is 12.6. The number of ether oxygens (including phenoxy) is 1. The molecule has 1 aliphatic heterocycles. The van der Waals surface area contributed by atoms with E-state index >= 15 is 0 Å². The van der Waals surface area contributed by atoms with Crippen molar-refractivity contribution in [2.24, 2.45) is 0 Å². The number of hydrogen-bond donors (Lipinski definition) is 0. The van der Waals surface area contributed by atoms with Crippen molar-refractivity contribution in [1.29, 1.82) is 0 Å². The Kier molecular flexibility index (Phi) is 5.91. The molecule has 1 aromatic rings. The Labute approximate surface area is 136 Å². The molecule has 118 valence electrons. The Hall–Kier alpha value is -0.330. The van der Waals surface area contributed by atoms with Crippen LogP contribution in [0.25, 0.3) is 0 Å². The normalized spacial score (nSPS) is 19.9. The molecule has 1 aromatic carbocycles. The summed E-state index contributed by atoms with van der Waals surface area (Å²) in [7, 11) is -2.09. The van der Waals surface area contributed by atoms with Crippen molar-refractivity contribution in [2.45, 2.75) is 36.1 Å². The summed E-state index contributed by atoms with van der Waals surface area (Å²) in [6.07, 6.45) is 2.95. The molecule has 1 atom stereocenters. The van der Waals surface area contributed by atoms with E-state index in [1.807, 2.05) is 0 Å². The molecule has 7 heteroatoms. The lowest BCUT2D eigenvalue weighted by molar-refractivity contribution is 0.00858. The van der Waals surface area contributed by atoms with Crippen molar-refractivity contribution in [3.63, 3.8) is 0 Å². The van der Waals surface area contributed by atoms with Gasteiger partial charge in [0, 0.05) is 26.1 Å². The van der Waals surface area contributed by atoms with Crippen molar-refractivity contribution in [3.8, 4) is 0 Å². The van der Waals surface area contributed by atoms with Crippen molar-refractivity contribution in [3.05, 3.63) is 28.8 Å². The molecule has 0 radical (unpaired) electrons. The summed E-state index contributed by atoms with van der Waals surface area (Å²) in [5.41, 5.74) is 0.724. The molecule has 1 fully saturated rings. The van der Waals surface area contributed by atoms with Gasteiger partial charge in [0.15, 0.2) is 0 Å². The van der Waals surface area contributed by atoms with E-state index in [2.05, 4.69) is 0 Å². The molecule has 0 aromatic heterocycles. The Balaban J connectivity index is 2.20. The summed E-state index contributed by atoms with van der Waals surface area (Å²) in [6, 6.07) is 4.82. The Morgan fingerprint density at radius 3 is 2.76 bits per heavy atom. The number of likely N-dealkylation sites (N-methyl/N-ethyl adjacent to an activating group) is 1. The summed E-state index contributed by atoms with van der Waals surface area (Å²) in [6.45, 7) is 1.03. The first-order chi connectivity index (χ1) is 9.95. The largest absolute Gasteiger partial charge is 0.377 e. The van der Waals surface area contributed by atoms with Crippen LogP contribution in [0, 0.1) is 0 Å². The van der Waals surface area contributed by atoms with Crippen LogP contribution in [0.4, 0.5) is 0 Å². The van der Waals surface area contributed by atoms with Gasteiger partial charge in [0.1, 0.15) is 4.90 Å². The average Bonchev–Trinajstić information content (AvgIpc) is 2.48. The predicted molar refractivity (Wildman–Crippen MR) is 84.4 cm³/mol. The number of alkyl halides is 1. The summed E-state index contributed by atoms with van der Waals surface area (Å²) < 4.78 is 32.2. The van der Waals surface area contributed by atoms with E-state index in [-0.39, 0.29) is 21.9 Å². The highest BCUT2D eigenvalue weighted by atomic mass is 35.5. The highest BCUT2D eigenvalue weighted by molar-refractivity contribution is 7.89. The smallest absolute Gasteiger partial charge is 0.244 e. The molecule has 1 aliphatic rings. The number of benzene rings is 1. The number of hydrogen-bond acceptors (Lipinski definition) is 3. The first-order valence-corrected chi connectivity index (χ1v) is 9.22. The summed E-state index contributed by atoms with van der Waals surface area (Å²) in [4.78, 5) is 0.0978. The zero-order valence-corrected chi connectivity index (χ0v) is 14.2. The predicted octanol–water partition coefficient (Wildman–Crippen LogP) is 3.27. The molecule has 1 heterocycles. The SMILES string of the molecule is CN(CC1CCCCO1)S(=O)(=O)c1cc(CCl)ccc1Cl. The lowest BCUT2D eigenvalue weighted by Gasteiger charge is -2.27. The average molecular weight is 352 g/mol. The monoisotopic (exact) mass is 351 g/mol. The molecule has 4 nitrogen and oxygen atoms in total. The van der Waals surface area contributed by atoms with E-state index in [4.69, 9.17) is 27.9 Å². The fourth-order valence-corrected chi connectivity index (χ4v) is 4.22. The van der Waals surface area contributed by atoms with Crippen LogP contribution in [0.5, 0.6) is 0 Å². The van der Waals surface area contributed by atoms with Crippen molar-refractivity contribution < 1.29 is 13.2 Å². The van der Waals surface area contributed by atoms with E-state index in [1.54, 1.807) is 19.2 Å². The van der Waals surface area contributed by atoms with Gasteiger partial charge in [-0.15, -0.1) is 11.6 Å². The van der Waals surface area contributed by atoms with Crippen LogP contribution in [-0.2, 0) is 20.6 Å². The summed E-state index contributed by atoms with van der Waals surface area (Å²) in [5, 5.41) is 0.209. The van der Waals surface area contributed by atoms with E-state index < -0.39 is 10.0 Å². The number of nitrogens with zero attached hydrogens (tertiary/aromatic N) is 1. The molecule has 0 N–H and O–H groups in total. The highest BCUT2D eigenvalue weighted by Gasteiger charge is 2.27. The molecular weight excluding hydrogens is 333 g/mol. The quantitative estimate of drug-likeness (QED) is 0.764. The Morgan fingerprint density at radius 2 is 2.14 bits per heavy atom. The molecule has 1 saturated heterocycles. The van der Waals surface area contributed by atoms with Gasteiger partial charge in [-0.05, 0) is 37.0 Å². The van der Waals surface area contributed by atoms with Crippen molar-refractivity contribution in [2.75, 3.05) is 20.2 Å². The van der Waals surface area contributed by atoms with Crippen LogP contribution in [0.1, 0.15) is 24.8 Å². The first-order valence-electron chi connectivity index (χ1n) is 6.87. The van der Waals surface area contributed by atoms with Crippen LogP contribution in [0.3, 0.4) is 0 Å². The Morgan fingerprint density at radius 1 is 1.38 bits per heavy atom. The van der Waals surface area contributed by atoms with Gasteiger partial charge in [-0.25, -0.2) is 8.42 Å². The lowest BCUT2D eigenvalue weighted by atomic mass is 10.1. The van der Waals surface area contributed by atoms with E-state index in [0.29, 0.717) is 13.2 Å².